The van der Waals surface area contributed by atoms with Crippen molar-refractivity contribution in [2.75, 3.05) is 6.54 Å². The van der Waals surface area contributed by atoms with Gasteiger partial charge in [-0.25, -0.2) is 4.79 Å². The first-order valence-electron chi connectivity index (χ1n) is 8.88. The highest BCUT2D eigenvalue weighted by Gasteiger charge is 2.51. The van der Waals surface area contributed by atoms with Crippen molar-refractivity contribution in [1.29, 1.82) is 0 Å². The molecule has 1 aromatic rings. The number of aliphatic hydroxyl groups excluding tert-OH is 1. The zero-order valence-corrected chi connectivity index (χ0v) is 14.3. The minimum Gasteiger partial charge on any atom is -0.388 e. The highest BCUT2D eigenvalue weighted by molar-refractivity contribution is 7.07. The van der Waals surface area contributed by atoms with Crippen LogP contribution in [0.4, 0.5) is 4.79 Å². The Morgan fingerprint density at radius 2 is 1.91 bits per heavy atom. The summed E-state index contributed by atoms with van der Waals surface area (Å²) in [6.07, 6.45) is 7.74. The van der Waals surface area contributed by atoms with Crippen molar-refractivity contribution < 1.29 is 9.90 Å². The fourth-order valence-corrected chi connectivity index (χ4v) is 6.21. The molecule has 1 atom stereocenters. The Bertz CT molecular complexity index is 522. The topological polar surface area (TPSA) is 61.4 Å². The fourth-order valence-electron chi connectivity index (χ4n) is 5.50. The number of carbonyl (C=O) groups is 1. The molecule has 1 heterocycles. The molecule has 4 bridgehead atoms. The number of hydrogen-bond acceptors (Lipinski definition) is 3. The van der Waals surface area contributed by atoms with E-state index in [4.69, 9.17) is 0 Å². The van der Waals surface area contributed by atoms with Gasteiger partial charge in [0.15, 0.2) is 0 Å². The molecule has 0 spiro atoms. The van der Waals surface area contributed by atoms with Crippen molar-refractivity contribution in [3.8, 4) is 0 Å². The maximum Gasteiger partial charge on any atom is 0.315 e. The molecule has 23 heavy (non-hydrogen) atoms. The van der Waals surface area contributed by atoms with E-state index in [1.54, 1.807) is 11.3 Å². The van der Waals surface area contributed by atoms with E-state index in [-0.39, 0.29) is 11.6 Å². The van der Waals surface area contributed by atoms with Crippen LogP contribution >= 0.6 is 11.3 Å². The van der Waals surface area contributed by atoms with Crippen LogP contribution in [0.15, 0.2) is 16.8 Å². The summed E-state index contributed by atoms with van der Waals surface area (Å²) in [6.45, 7) is 0.509. The van der Waals surface area contributed by atoms with Crippen molar-refractivity contribution in [2.45, 2.75) is 56.6 Å². The lowest BCUT2D eigenvalue weighted by atomic mass is 9.53. The second-order valence-electron chi connectivity index (χ2n) is 7.94. The normalized spacial score (nSPS) is 36.0. The smallest absolute Gasteiger partial charge is 0.315 e. The van der Waals surface area contributed by atoms with E-state index < -0.39 is 6.10 Å². The van der Waals surface area contributed by atoms with Gasteiger partial charge < -0.3 is 15.7 Å². The zero-order chi connectivity index (χ0) is 15.9. The molecule has 0 radical (unpaired) electrons. The lowest BCUT2D eigenvalue weighted by molar-refractivity contribution is -0.0135. The van der Waals surface area contributed by atoms with Crippen LogP contribution in [0, 0.1) is 17.8 Å². The van der Waals surface area contributed by atoms with Crippen molar-refractivity contribution in [3.05, 3.63) is 22.4 Å². The average molecular weight is 334 g/mol. The summed E-state index contributed by atoms with van der Waals surface area (Å²) < 4.78 is 0. The molecule has 4 saturated carbocycles. The average Bonchev–Trinajstić information content (AvgIpc) is 2.99. The molecule has 0 saturated heterocycles. The first-order valence-corrected chi connectivity index (χ1v) is 9.82. The molecular weight excluding hydrogens is 308 g/mol. The molecule has 3 N–H and O–H groups in total. The third kappa shape index (κ3) is 3.26. The Morgan fingerprint density at radius 1 is 1.26 bits per heavy atom. The van der Waals surface area contributed by atoms with Crippen LogP contribution in [-0.4, -0.2) is 23.2 Å². The number of thiophene rings is 1. The lowest BCUT2D eigenvalue weighted by Crippen LogP contribution is -2.61. The van der Waals surface area contributed by atoms with Gasteiger partial charge in [-0.15, -0.1) is 0 Å². The summed E-state index contributed by atoms with van der Waals surface area (Å²) in [5, 5.41) is 20.2. The minimum absolute atomic E-state index is 0.0514. The maximum absolute atomic E-state index is 12.3. The molecule has 5 heteroatoms. The first kappa shape index (κ1) is 15.5. The second-order valence-corrected chi connectivity index (χ2v) is 8.72. The Labute approximate surface area is 141 Å². The predicted molar refractivity (Wildman–Crippen MR) is 91.3 cm³/mol. The molecule has 0 aromatic carbocycles. The molecule has 4 aliphatic rings. The van der Waals surface area contributed by atoms with E-state index in [1.807, 2.05) is 16.8 Å². The molecule has 4 fully saturated rings. The standard InChI is InChI=1S/C18H26N2O2S/c21-16(15-2-4-23-11-15)1-3-19-17(22)20-18-8-12-5-13(9-18)7-14(6-12)10-18/h2,4,11-14,16,21H,1,3,5-10H2,(H2,19,20,22). The molecule has 2 amide bonds. The summed E-state index contributed by atoms with van der Waals surface area (Å²) in [4.78, 5) is 12.3. The number of rotatable bonds is 5. The van der Waals surface area contributed by atoms with Gasteiger partial charge in [0.2, 0.25) is 0 Å². The fraction of sp³-hybridized carbons (Fsp3) is 0.722. The molecule has 5 rings (SSSR count). The third-order valence-electron chi connectivity index (χ3n) is 6.05. The number of amides is 2. The number of nitrogens with one attached hydrogen (secondary N) is 2. The van der Waals surface area contributed by atoms with Crippen molar-refractivity contribution >= 4 is 17.4 Å². The van der Waals surface area contributed by atoms with Crippen LogP contribution in [0.25, 0.3) is 0 Å². The van der Waals surface area contributed by atoms with Gasteiger partial charge in [-0.1, -0.05) is 0 Å². The van der Waals surface area contributed by atoms with E-state index in [0.717, 1.165) is 23.3 Å². The van der Waals surface area contributed by atoms with E-state index in [1.165, 1.54) is 38.5 Å². The Kier molecular flexibility index (Phi) is 4.10. The van der Waals surface area contributed by atoms with Gasteiger partial charge in [0.1, 0.15) is 0 Å². The summed E-state index contributed by atoms with van der Waals surface area (Å²) >= 11 is 1.58. The minimum atomic E-state index is -0.485. The van der Waals surface area contributed by atoms with Crippen LogP contribution in [0.1, 0.15) is 56.6 Å². The molecule has 4 aliphatic carbocycles. The first-order chi connectivity index (χ1) is 11.1. The molecule has 0 aliphatic heterocycles. The van der Waals surface area contributed by atoms with Gasteiger partial charge >= 0.3 is 6.03 Å². The van der Waals surface area contributed by atoms with Crippen LogP contribution in [0.3, 0.4) is 0 Å². The van der Waals surface area contributed by atoms with Crippen LogP contribution < -0.4 is 10.6 Å². The van der Waals surface area contributed by atoms with Gasteiger partial charge in [0.25, 0.3) is 0 Å². The second kappa shape index (κ2) is 6.10. The van der Waals surface area contributed by atoms with Gasteiger partial charge in [0, 0.05) is 12.1 Å². The maximum atomic E-state index is 12.3. The van der Waals surface area contributed by atoms with Gasteiger partial charge in [-0.05, 0) is 85.1 Å². The lowest BCUT2D eigenvalue weighted by Gasteiger charge is -2.56. The summed E-state index contributed by atoms with van der Waals surface area (Å²) in [5.74, 6) is 2.51. The summed E-state index contributed by atoms with van der Waals surface area (Å²) in [6, 6.07) is 1.88. The highest BCUT2D eigenvalue weighted by atomic mass is 32.1. The van der Waals surface area contributed by atoms with Crippen LogP contribution in [-0.2, 0) is 0 Å². The van der Waals surface area contributed by atoms with Gasteiger partial charge in [-0.2, -0.15) is 11.3 Å². The SMILES string of the molecule is O=C(NCCC(O)c1ccsc1)NC12CC3CC(CC(C3)C1)C2. The van der Waals surface area contributed by atoms with Crippen molar-refractivity contribution in [2.24, 2.45) is 17.8 Å². The molecule has 4 nitrogen and oxygen atoms in total. The summed E-state index contributed by atoms with van der Waals surface area (Å²) in [5.41, 5.74) is 1.00. The van der Waals surface area contributed by atoms with E-state index >= 15 is 0 Å². The number of carbonyl (C=O) groups excluding carboxylic acids is 1. The van der Waals surface area contributed by atoms with Crippen LogP contribution in [0.5, 0.6) is 0 Å². The molecule has 1 unspecified atom stereocenters. The Morgan fingerprint density at radius 3 is 2.48 bits per heavy atom. The quantitative estimate of drug-likeness (QED) is 0.772. The van der Waals surface area contributed by atoms with E-state index in [0.29, 0.717) is 13.0 Å². The number of aliphatic hydroxyl groups is 1. The van der Waals surface area contributed by atoms with Crippen molar-refractivity contribution in [1.82, 2.24) is 10.6 Å². The van der Waals surface area contributed by atoms with E-state index in [9.17, 15) is 9.90 Å². The van der Waals surface area contributed by atoms with Gasteiger partial charge in [-0.3, -0.25) is 0 Å². The van der Waals surface area contributed by atoms with Crippen LogP contribution in [0.2, 0.25) is 0 Å². The molecular formula is C18H26N2O2S. The third-order valence-corrected chi connectivity index (χ3v) is 6.75. The molecule has 126 valence electrons. The Hall–Kier alpha value is -1.07. The molecule has 1 aromatic heterocycles. The largest absolute Gasteiger partial charge is 0.388 e. The number of urea groups is 1. The van der Waals surface area contributed by atoms with Crippen molar-refractivity contribution in [3.63, 3.8) is 0 Å². The summed E-state index contributed by atoms with van der Waals surface area (Å²) in [7, 11) is 0. The monoisotopic (exact) mass is 334 g/mol. The highest BCUT2D eigenvalue weighted by Crippen LogP contribution is 2.55. The number of hydrogen-bond donors (Lipinski definition) is 3. The zero-order valence-electron chi connectivity index (χ0n) is 13.5. The Balaban J connectivity index is 1.26. The predicted octanol–water partition coefficient (Wildman–Crippen LogP) is 3.44. The van der Waals surface area contributed by atoms with E-state index in [2.05, 4.69) is 10.6 Å². The van der Waals surface area contributed by atoms with Gasteiger partial charge in [0.05, 0.1) is 6.10 Å².